The highest BCUT2D eigenvalue weighted by Crippen LogP contribution is 2.37. The number of rotatable bonds is 13. The molecule has 0 saturated carbocycles. The third kappa shape index (κ3) is 8.20. The number of benzene rings is 1. The van der Waals surface area contributed by atoms with Gasteiger partial charge in [0.25, 0.3) is 0 Å². The van der Waals surface area contributed by atoms with Crippen molar-refractivity contribution in [3.8, 4) is 0 Å². The van der Waals surface area contributed by atoms with Gasteiger partial charge in [0, 0.05) is 0 Å². The lowest BCUT2D eigenvalue weighted by Gasteiger charge is -2.25. The molecule has 0 aliphatic rings. The molecule has 0 amide bonds. The van der Waals surface area contributed by atoms with Gasteiger partial charge < -0.3 is 10.2 Å². The van der Waals surface area contributed by atoms with E-state index in [1.54, 1.807) is 0 Å². The first kappa shape index (κ1) is 25.2. The second kappa shape index (κ2) is 12.0. The number of carboxylic acid groups (broad SMARTS) is 2. The summed E-state index contributed by atoms with van der Waals surface area (Å²) in [6, 6.07) is 5.74. The van der Waals surface area contributed by atoms with Crippen molar-refractivity contribution < 1.29 is 19.8 Å². The Balaban J connectivity index is 3.50. The van der Waals surface area contributed by atoms with Crippen molar-refractivity contribution in [1.82, 2.24) is 0 Å². The molecule has 1 aromatic rings. The lowest BCUT2D eigenvalue weighted by atomic mass is 9.78. The number of hydrogen-bond donors (Lipinski definition) is 2. The molecular weight excluding hydrogens is 364 g/mol. The zero-order valence-corrected chi connectivity index (χ0v) is 19.1. The molecule has 0 aliphatic heterocycles. The SMILES string of the molecule is CC(C)CCc1cccc(C(CCC(C)C)C(=O)O)c1C(CCC(C)C)C(=O)O. The van der Waals surface area contributed by atoms with Crippen LogP contribution in [0, 0.1) is 17.8 Å². The molecule has 2 N–H and O–H groups in total. The van der Waals surface area contributed by atoms with Crippen LogP contribution in [0.5, 0.6) is 0 Å². The molecule has 0 heterocycles. The van der Waals surface area contributed by atoms with Gasteiger partial charge in [0.15, 0.2) is 0 Å². The van der Waals surface area contributed by atoms with Gasteiger partial charge >= 0.3 is 11.9 Å². The molecule has 1 rings (SSSR count). The Kier molecular flexibility index (Phi) is 10.4. The van der Waals surface area contributed by atoms with Gasteiger partial charge in [-0.15, -0.1) is 0 Å². The van der Waals surface area contributed by atoms with Gasteiger partial charge in [-0.2, -0.15) is 0 Å². The van der Waals surface area contributed by atoms with E-state index in [4.69, 9.17) is 0 Å². The largest absolute Gasteiger partial charge is 0.481 e. The summed E-state index contributed by atoms with van der Waals surface area (Å²) in [6.07, 6.45) is 4.41. The highest BCUT2D eigenvalue weighted by atomic mass is 16.4. The molecule has 1 aromatic carbocycles. The molecule has 29 heavy (non-hydrogen) atoms. The smallest absolute Gasteiger partial charge is 0.310 e. The first-order chi connectivity index (χ1) is 13.5. The lowest BCUT2D eigenvalue weighted by molar-refractivity contribution is -0.140. The van der Waals surface area contributed by atoms with E-state index < -0.39 is 23.8 Å². The van der Waals surface area contributed by atoms with E-state index >= 15 is 0 Å². The van der Waals surface area contributed by atoms with Crippen molar-refractivity contribution in [2.45, 2.75) is 91.9 Å². The predicted molar refractivity (Wildman–Crippen MR) is 118 cm³/mol. The molecule has 0 spiro atoms. The number of aryl methyl sites for hydroxylation is 1. The van der Waals surface area contributed by atoms with Crippen LogP contribution in [0.25, 0.3) is 0 Å². The minimum atomic E-state index is -0.860. The molecule has 2 atom stereocenters. The van der Waals surface area contributed by atoms with Crippen molar-refractivity contribution >= 4 is 11.9 Å². The maximum atomic E-state index is 12.3. The molecule has 0 fully saturated rings. The van der Waals surface area contributed by atoms with Crippen LogP contribution in [0.4, 0.5) is 0 Å². The zero-order valence-electron chi connectivity index (χ0n) is 19.1. The van der Waals surface area contributed by atoms with Gasteiger partial charge in [-0.25, -0.2) is 0 Å². The van der Waals surface area contributed by atoms with E-state index in [0.29, 0.717) is 36.2 Å². The van der Waals surface area contributed by atoms with E-state index in [2.05, 4.69) is 41.5 Å². The third-order valence-corrected chi connectivity index (χ3v) is 5.61. The zero-order chi connectivity index (χ0) is 22.1. The summed E-state index contributed by atoms with van der Waals surface area (Å²) in [6.45, 7) is 12.7. The fourth-order valence-electron chi connectivity index (χ4n) is 3.83. The van der Waals surface area contributed by atoms with E-state index in [-0.39, 0.29) is 0 Å². The predicted octanol–water partition coefficient (Wildman–Crippen LogP) is 6.48. The molecule has 0 bridgehead atoms. The van der Waals surface area contributed by atoms with Crippen LogP contribution in [0.2, 0.25) is 0 Å². The fourth-order valence-corrected chi connectivity index (χ4v) is 3.83. The average molecular weight is 405 g/mol. The minimum absolute atomic E-state index is 0.402. The summed E-state index contributed by atoms with van der Waals surface area (Å²) in [5.41, 5.74) is 2.47. The molecule has 164 valence electrons. The highest BCUT2D eigenvalue weighted by Gasteiger charge is 2.31. The second-order valence-electron chi connectivity index (χ2n) is 9.58. The van der Waals surface area contributed by atoms with Crippen LogP contribution in [0.15, 0.2) is 18.2 Å². The molecule has 4 heteroatoms. The first-order valence-electron chi connectivity index (χ1n) is 11.1. The molecule has 0 aliphatic carbocycles. The van der Waals surface area contributed by atoms with Crippen LogP contribution >= 0.6 is 0 Å². The highest BCUT2D eigenvalue weighted by molar-refractivity contribution is 5.81. The molecular formula is C25H40O4. The maximum absolute atomic E-state index is 12.3. The monoisotopic (exact) mass is 404 g/mol. The van der Waals surface area contributed by atoms with Crippen LogP contribution in [0.1, 0.15) is 102 Å². The van der Waals surface area contributed by atoms with Crippen LogP contribution in [-0.4, -0.2) is 22.2 Å². The van der Waals surface area contributed by atoms with Gasteiger partial charge in [-0.1, -0.05) is 59.7 Å². The van der Waals surface area contributed by atoms with Gasteiger partial charge in [0.1, 0.15) is 0 Å². The van der Waals surface area contributed by atoms with Crippen molar-refractivity contribution in [2.24, 2.45) is 17.8 Å². The van der Waals surface area contributed by atoms with E-state index in [9.17, 15) is 19.8 Å². The van der Waals surface area contributed by atoms with E-state index in [1.807, 2.05) is 18.2 Å². The Morgan fingerprint density at radius 2 is 1.21 bits per heavy atom. The number of carboxylic acids is 2. The Morgan fingerprint density at radius 1 is 0.724 bits per heavy atom. The number of carbonyl (C=O) groups is 2. The lowest BCUT2D eigenvalue weighted by Crippen LogP contribution is -2.21. The summed E-state index contributed by atoms with van der Waals surface area (Å²) >= 11 is 0. The Labute approximate surface area is 176 Å². The van der Waals surface area contributed by atoms with Crippen LogP contribution in [-0.2, 0) is 16.0 Å². The summed E-state index contributed by atoms with van der Waals surface area (Å²) in [4.78, 5) is 24.4. The van der Waals surface area contributed by atoms with Gasteiger partial charge in [-0.05, 0) is 73.0 Å². The van der Waals surface area contributed by atoms with Gasteiger partial charge in [0.05, 0.1) is 11.8 Å². The summed E-state index contributed by atoms with van der Waals surface area (Å²) in [5.74, 6) is -1.72. The second-order valence-corrected chi connectivity index (χ2v) is 9.58. The normalized spacial score (nSPS) is 13.8. The minimum Gasteiger partial charge on any atom is -0.481 e. The van der Waals surface area contributed by atoms with E-state index in [0.717, 1.165) is 36.8 Å². The topological polar surface area (TPSA) is 74.6 Å². The Morgan fingerprint density at radius 3 is 1.66 bits per heavy atom. The van der Waals surface area contributed by atoms with Gasteiger partial charge in [-0.3, -0.25) is 9.59 Å². The molecule has 0 radical (unpaired) electrons. The quantitative estimate of drug-likeness (QED) is 0.394. The number of hydrogen-bond acceptors (Lipinski definition) is 2. The van der Waals surface area contributed by atoms with Crippen molar-refractivity contribution in [3.63, 3.8) is 0 Å². The summed E-state index contributed by atoms with van der Waals surface area (Å²) < 4.78 is 0. The van der Waals surface area contributed by atoms with Crippen LogP contribution < -0.4 is 0 Å². The van der Waals surface area contributed by atoms with Crippen molar-refractivity contribution in [3.05, 3.63) is 34.9 Å². The third-order valence-electron chi connectivity index (χ3n) is 5.61. The first-order valence-corrected chi connectivity index (χ1v) is 11.1. The summed E-state index contributed by atoms with van der Waals surface area (Å²) in [7, 11) is 0. The summed E-state index contributed by atoms with van der Waals surface area (Å²) in [5, 5.41) is 20.0. The van der Waals surface area contributed by atoms with Crippen molar-refractivity contribution in [2.75, 3.05) is 0 Å². The van der Waals surface area contributed by atoms with Crippen LogP contribution in [0.3, 0.4) is 0 Å². The van der Waals surface area contributed by atoms with Gasteiger partial charge in [0.2, 0.25) is 0 Å². The van der Waals surface area contributed by atoms with E-state index in [1.165, 1.54) is 0 Å². The Hall–Kier alpha value is -1.84. The number of aliphatic carboxylic acids is 2. The van der Waals surface area contributed by atoms with Crippen molar-refractivity contribution in [1.29, 1.82) is 0 Å². The average Bonchev–Trinajstić information content (AvgIpc) is 2.60. The fraction of sp³-hybridized carbons (Fsp3) is 0.680. The molecule has 0 aromatic heterocycles. The Bertz CT molecular complexity index is 661. The molecule has 2 unspecified atom stereocenters. The standard InChI is InChI=1S/C25H40O4/c1-16(2)10-13-19-8-7-9-20(21(24(26)27)14-11-17(3)4)23(19)22(25(28)29)15-12-18(5)6/h7-9,16-18,21-22H,10-15H2,1-6H3,(H,26,27)(H,28,29). The molecule has 4 nitrogen and oxygen atoms in total. The maximum Gasteiger partial charge on any atom is 0.310 e. The molecule has 0 saturated heterocycles.